The maximum Gasteiger partial charge on any atom is 0.508 e. The van der Waals surface area contributed by atoms with Gasteiger partial charge in [-0.1, -0.05) is 18.2 Å². The summed E-state index contributed by atoms with van der Waals surface area (Å²) in [7, 11) is 0. The molecule has 2 N–H and O–H groups in total. The fourth-order valence-electron chi connectivity index (χ4n) is 0.941. The lowest BCUT2D eigenvalue weighted by molar-refractivity contribution is 0.00402. The Morgan fingerprint density at radius 2 is 2.06 bits per heavy atom. The van der Waals surface area contributed by atoms with E-state index in [2.05, 4.69) is 16.1 Å². The van der Waals surface area contributed by atoms with Crippen LogP contribution in [-0.2, 0) is 9.47 Å². The van der Waals surface area contributed by atoms with Gasteiger partial charge in [-0.15, -0.1) is 6.58 Å². The molecule has 0 aromatic heterocycles. The average molecular weight is 244 g/mol. The average Bonchev–Trinajstić information content (AvgIpc) is 2.34. The zero-order valence-corrected chi connectivity index (χ0v) is 9.88. The van der Waals surface area contributed by atoms with Gasteiger partial charge >= 0.3 is 6.16 Å². The van der Waals surface area contributed by atoms with Crippen molar-refractivity contribution >= 4 is 6.16 Å². The molecule has 0 aliphatic carbocycles. The third kappa shape index (κ3) is 10.9. The molecule has 1 atom stereocenters. The summed E-state index contributed by atoms with van der Waals surface area (Å²) in [5.41, 5.74) is 0. The number of carbonyl (C=O) groups excluding carboxylic acids is 1. The Bertz CT molecular complexity index is 237. The second kappa shape index (κ2) is 11.2. The SMILES string of the molecule is C=CCCC/C=C/COC(=O)OCC(O)CO. The number of aliphatic hydroxyl groups excluding tert-OH is 2. The smallest absolute Gasteiger partial charge is 0.431 e. The van der Waals surface area contributed by atoms with Crippen LogP contribution in [0.3, 0.4) is 0 Å². The minimum atomic E-state index is -1.06. The lowest BCUT2D eigenvalue weighted by Crippen LogP contribution is -2.22. The minimum Gasteiger partial charge on any atom is -0.431 e. The molecule has 0 amide bonds. The van der Waals surface area contributed by atoms with Gasteiger partial charge in [0.25, 0.3) is 0 Å². The van der Waals surface area contributed by atoms with E-state index in [9.17, 15) is 4.79 Å². The molecular formula is C12H20O5. The third-order valence-electron chi connectivity index (χ3n) is 1.85. The lowest BCUT2D eigenvalue weighted by atomic mass is 10.2. The van der Waals surface area contributed by atoms with Gasteiger partial charge in [0.05, 0.1) is 6.61 Å². The number of rotatable bonds is 9. The van der Waals surface area contributed by atoms with Crippen LogP contribution in [0, 0.1) is 0 Å². The van der Waals surface area contributed by atoms with Crippen LogP contribution in [0.5, 0.6) is 0 Å². The molecule has 1 unspecified atom stereocenters. The van der Waals surface area contributed by atoms with Crippen molar-refractivity contribution in [3.63, 3.8) is 0 Å². The van der Waals surface area contributed by atoms with Crippen molar-refractivity contribution in [2.45, 2.75) is 25.4 Å². The fourth-order valence-corrected chi connectivity index (χ4v) is 0.941. The predicted octanol–water partition coefficient (Wildman–Crippen LogP) is 1.41. The van der Waals surface area contributed by atoms with E-state index in [0.29, 0.717) is 0 Å². The summed E-state index contributed by atoms with van der Waals surface area (Å²) >= 11 is 0. The maximum atomic E-state index is 10.9. The van der Waals surface area contributed by atoms with Gasteiger partial charge in [0.15, 0.2) is 0 Å². The van der Waals surface area contributed by atoms with Gasteiger partial charge in [-0.25, -0.2) is 4.79 Å². The standard InChI is InChI=1S/C12H20O5/c1-2-3-4-5-6-7-8-16-12(15)17-10-11(14)9-13/h2,6-7,11,13-14H,1,3-5,8-10H2/b7-6+. The zero-order chi connectivity index (χ0) is 12.9. The van der Waals surface area contributed by atoms with Gasteiger partial charge in [-0.3, -0.25) is 0 Å². The van der Waals surface area contributed by atoms with E-state index in [4.69, 9.17) is 10.2 Å². The number of aliphatic hydroxyl groups is 2. The highest BCUT2D eigenvalue weighted by Crippen LogP contribution is 1.97. The van der Waals surface area contributed by atoms with Crippen LogP contribution in [0.15, 0.2) is 24.8 Å². The second-order valence-electron chi connectivity index (χ2n) is 3.40. The molecule has 0 aromatic carbocycles. The normalized spacial score (nSPS) is 12.4. The van der Waals surface area contributed by atoms with Gasteiger partial charge in [0, 0.05) is 0 Å². The highest BCUT2D eigenvalue weighted by atomic mass is 16.7. The van der Waals surface area contributed by atoms with Crippen LogP contribution in [0.4, 0.5) is 4.79 Å². The Morgan fingerprint density at radius 1 is 1.29 bits per heavy atom. The van der Waals surface area contributed by atoms with Crippen molar-refractivity contribution in [3.8, 4) is 0 Å². The number of ether oxygens (including phenoxy) is 2. The molecule has 0 spiro atoms. The first-order valence-corrected chi connectivity index (χ1v) is 5.55. The molecule has 5 nitrogen and oxygen atoms in total. The number of carbonyl (C=O) groups is 1. The topological polar surface area (TPSA) is 76.0 Å². The molecule has 17 heavy (non-hydrogen) atoms. The molecule has 98 valence electrons. The van der Waals surface area contributed by atoms with E-state index in [-0.39, 0.29) is 13.2 Å². The Morgan fingerprint density at radius 3 is 2.71 bits per heavy atom. The summed E-state index contributed by atoms with van der Waals surface area (Å²) in [5.74, 6) is 0. The largest absolute Gasteiger partial charge is 0.508 e. The van der Waals surface area contributed by atoms with E-state index in [1.54, 1.807) is 6.08 Å². The molecule has 0 saturated heterocycles. The number of hydrogen-bond acceptors (Lipinski definition) is 5. The molecule has 0 aliphatic rings. The predicted molar refractivity (Wildman–Crippen MR) is 63.6 cm³/mol. The highest BCUT2D eigenvalue weighted by molar-refractivity contribution is 5.59. The van der Waals surface area contributed by atoms with E-state index < -0.39 is 18.9 Å². The number of hydrogen-bond donors (Lipinski definition) is 2. The first-order valence-electron chi connectivity index (χ1n) is 5.55. The Kier molecular flexibility index (Phi) is 10.3. The summed E-state index contributed by atoms with van der Waals surface area (Å²) < 4.78 is 9.20. The number of allylic oxidation sites excluding steroid dienone is 2. The molecule has 0 heterocycles. The first-order chi connectivity index (χ1) is 8.20. The van der Waals surface area contributed by atoms with Gasteiger partial charge in [0.1, 0.15) is 19.3 Å². The van der Waals surface area contributed by atoms with Crippen molar-refractivity contribution in [2.24, 2.45) is 0 Å². The molecule has 0 saturated carbocycles. The van der Waals surface area contributed by atoms with E-state index in [1.165, 1.54) is 0 Å². The summed E-state index contributed by atoms with van der Waals surface area (Å²) in [6.07, 6.45) is 6.48. The van der Waals surface area contributed by atoms with E-state index in [0.717, 1.165) is 19.3 Å². The number of unbranched alkanes of at least 4 members (excludes halogenated alkanes) is 2. The molecule has 0 aliphatic heterocycles. The van der Waals surface area contributed by atoms with E-state index >= 15 is 0 Å². The molecule has 0 fully saturated rings. The molecular weight excluding hydrogens is 224 g/mol. The molecule has 5 heteroatoms. The van der Waals surface area contributed by atoms with Crippen molar-refractivity contribution in [1.82, 2.24) is 0 Å². The molecule has 0 rings (SSSR count). The van der Waals surface area contributed by atoms with Crippen LogP contribution in [0.2, 0.25) is 0 Å². The highest BCUT2D eigenvalue weighted by Gasteiger charge is 2.07. The summed E-state index contributed by atoms with van der Waals surface area (Å²) in [4.78, 5) is 10.9. The summed E-state index contributed by atoms with van der Waals surface area (Å²) in [5, 5.41) is 17.4. The van der Waals surface area contributed by atoms with Gasteiger partial charge in [-0.2, -0.15) is 0 Å². The van der Waals surface area contributed by atoms with Gasteiger partial charge in [0.2, 0.25) is 0 Å². The van der Waals surface area contributed by atoms with Crippen molar-refractivity contribution in [1.29, 1.82) is 0 Å². The summed E-state index contributed by atoms with van der Waals surface area (Å²) in [6, 6.07) is 0. The van der Waals surface area contributed by atoms with E-state index in [1.807, 2.05) is 12.2 Å². The molecule has 0 bridgehead atoms. The van der Waals surface area contributed by atoms with Crippen LogP contribution in [-0.4, -0.2) is 42.3 Å². The molecule has 0 radical (unpaired) electrons. The van der Waals surface area contributed by atoms with Crippen LogP contribution >= 0.6 is 0 Å². The fraction of sp³-hybridized carbons (Fsp3) is 0.583. The second-order valence-corrected chi connectivity index (χ2v) is 3.40. The monoisotopic (exact) mass is 244 g/mol. The van der Waals surface area contributed by atoms with Crippen LogP contribution in [0.25, 0.3) is 0 Å². The third-order valence-corrected chi connectivity index (χ3v) is 1.85. The maximum absolute atomic E-state index is 10.9. The zero-order valence-electron chi connectivity index (χ0n) is 9.88. The van der Waals surface area contributed by atoms with Crippen molar-refractivity contribution in [2.75, 3.05) is 19.8 Å². The molecule has 0 aromatic rings. The summed E-state index contributed by atoms with van der Waals surface area (Å²) in [6.45, 7) is 3.04. The van der Waals surface area contributed by atoms with Crippen molar-refractivity contribution in [3.05, 3.63) is 24.8 Å². The van der Waals surface area contributed by atoms with Gasteiger partial charge in [-0.05, 0) is 19.3 Å². The lowest BCUT2D eigenvalue weighted by Gasteiger charge is -2.07. The van der Waals surface area contributed by atoms with Crippen molar-refractivity contribution < 1.29 is 24.5 Å². The Balaban J connectivity index is 3.41. The Labute approximate surface area is 101 Å². The van der Waals surface area contributed by atoms with Gasteiger partial charge < -0.3 is 19.7 Å². The van der Waals surface area contributed by atoms with Crippen LogP contribution in [0.1, 0.15) is 19.3 Å². The Hall–Kier alpha value is -1.33. The quantitative estimate of drug-likeness (QED) is 0.364. The van der Waals surface area contributed by atoms with Crippen LogP contribution < -0.4 is 0 Å². The minimum absolute atomic E-state index is 0.141. The first kappa shape index (κ1) is 15.7.